The highest BCUT2D eigenvalue weighted by molar-refractivity contribution is 6.33. The monoisotopic (exact) mass is 584 g/mol. The number of esters is 2. The zero-order chi connectivity index (χ0) is 29.9. The summed E-state index contributed by atoms with van der Waals surface area (Å²) in [5.41, 5.74) is 1.06. The Kier molecular flexibility index (Phi) is 7.84. The number of cyclic esters (lactones) is 1. The number of benzene rings is 2. The van der Waals surface area contributed by atoms with Crippen LogP contribution in [0, 0.1) is 29.6 Å². The van der Waals surface area contributed by atoms with Gasteiger partial charge in [-0.15, -0.1) is 0 Å². The molecule has 2 aliphatic carbocycles. The first-order chi connectivity index (χ1) is 19.3. The van der Waals surface area contributed by atoms with Crippen molar-refractivity contribution in [1.29, 1.82) is 0 Å². The molecule has 2 saturated carbocycles. The Labute approximate surface area is 247 Å². The summed E-state index contributed by atoms with van der Waals surface area (Å²) in [4.78, 5) is 27.4. The maximum absolute atomic E-state index is 13.8. The van der Waals surface area contributed by atoms with Crippen LogP contribution in [0.1, 0.15) is 112 Å². The van der Waals surface area contributed by atoms with Crippen LogP contribution in [0.2, 0.25) is 5.02 Å². The zero-order valence-corrected chi connectivity index (χ0v) is 25.8. The molecular formula is C33H41ClO7. The SMILES string of the molecule is CCC1OC(=O)c2c(ccc([C@@H](O)CC(C)(C)C)c2OC)Oc2c1cc(C)c(Cl)c2OC(=O)C1(C)C2CCC1CC2. The van der Waals surface area contributed by atoms with E-state index in [-0.39, 0.29) is 45.0 Å². The molecule has 0 radical (unpaired) electrons. The number of ether oxygens (including phenoxy) is 4. The molecule has 1 N–H and O–H groups in total. The van der Waals surface area contributed by atoms with Crippen molar-refractivity contribution in [1.82, 2.24) is 0 Å². The molecule has 2 aromatic carbocycles. The minimum Gasteiger partial charge on any atom is -0.495 e. The van der Waals surface area contributed by atoms with E-state index in [0.717, 1.165) is 25.7 Å². The van der Waals surface area contributed by atoms with Crippen LogP contribution in [0.5, 0.6) is 23.0 Å². The largest absolute Gasteiger partial charge is 0.495 e. The van der Waals surface area contributed by atoms with Crippen LogP contribution in [0.15, 0.2) is 18.2 Å². The van der Waals surface area contributed by atoms with Gasteiger partial charge < -0.3 is 24.1 Å². The van der Waals surface area contributed by atoms with E-state index >= 15 is 0 Å². The average Bonchev–Trinajstić information content (AvgIpc) is 3.41. The van der Waals surface area contributed by atoms with Crippen LogP contribution in [0.4, 0.5) is 0 Å². The van der Waals surface area contributed by atoms with E-state index in [1.165, 1.54) is 7.11 Å². The van der Waals surface area contributed by atoms with E-state index in [2.05, 4.69) is 0 Å². The molecule has 2 fully saturated rings. The Morgan fingerprint density at radius 2 is 1.80 bits per heavy atom. The Bertz CT molecular complexity index is 1350. The number of rotatable bonds is 6. The van der Waals surface area contributed by atoms with Crippen LogP contribution >= 0.6 is 11.6 Å². The highest BCUT2D eigenvalue weighted by Crippen LogP contribution is 2.59. The van der Waals surface area contributed by atoms with Gasteiger partial charge in [0.25, 0.3) is 0 Å². The lowest BCUT2D eigenvalue weighted by Crippen LogP contribution is -2.36. The zero-order valence-electron chi connectivity index (χ0n) is 25.1. The minimum atomic E-state index is -0.876. The highest BCUT2D eigenvalue weighted by atomic mass is 35.5. The lowest BCUT2D eigenvalue weighted by molar-refractivity contribution is -0.147. The number of fused-ring (bicyclic) bond motifs is 4. The Hall–Kier alpha value is -2.77. The van der Waals surface area contributed by atoms with E-state index < -0.39 is 23.6 Å². The quantitative estimate of drug-likeness (QED) is 0.270. The first-order valence-corrected chi connectivity index (χ1v) is 15.0. The van der Waals surface area contributed by atoms with Gasteiger partial charge in [0.1, 0.15) is 23.2 Å². The maximum Gasteiger partial charge on any atom is 0.346 e. The van der Waals surface area contributed by atoms with Gasteiger partial charge in [0.05, 0.1) is 23.7 Å². The Morgan fingerprint density at radius 3 is 2.37 bits per heavy atom. The standard InChI is InChI=1S/C33H41ClO7/c1-8-23-21-15-17(2)26(34)29(41-31(37)33(6)18-9-10-19(33)12-11-18)28(21)39-24-14-13-20(22(35)16-32(3,4)5)27(38-7)25(24)30(36)40-23/h13-15,18-19,22-23,35H,8-12,16H2,1-7H3/t18?,19?,22-,23?,33?/m0/s1. The van der Waals surface area contributed by atoms with Crippen LogP contribution in [-0.4, -0.2) is 24.2 Å². The number of hydrogen-bond acceptors (Lipinski definition) is 7. The van der Waals surface area contributed by atoms with E-state index in [1.807, 2.05) is 47.6 Å². The summed E-state index contributed by atoms with van der Waals surface area (Å²) >= 11 is 6.82. The molecule has 1 heterocycles. The van der Waals surface area contributed by atoms with Crippen molar-refractivity contribution in [3.8, 4) is 23.0 Å². The number of aryl methyl sites for hydroxylation is 1. The molecule has 2 atom stereocenters. The van der Waals surface area contributed by atoms with E-state index in [9.17, 15) is 14.7 Å². The van der Waals surface area contributed by atoms with Gasteiger partial charge in [0.2, 0.25) is 0 Å². The van der Waals surface area contributed by atoms with Gasteiger partial charge in [-0.05, 0) is 93.4 Å². The molecule has 1 unspecified atom stereocenters. The molecule has 0 spiro atoms. The number of carbonyl (C=O) groups is 2. The van der Waals surface area contributed by atoms with Gasteiger partial charge in [-0.2, -0.15) is 0 Å². The van der Waals surface area contributed by atoms with Gasteiger partial charge in [-0.1, -0.05) is 39.3 Å². The molecule has 1 aliphatic heterocycles. The van der Waals surface area contributed by atoms with Crippen molar-refractivity contribution >= 4 is 23.5 Å². The molecule has 5 rings (SSSR count). The van der Waals surface area contributed by atoms with Gasteiger partial charge in [0, 0.05) is 11.1 Å². The Balaban J connectivity index is 1.63. The molecule has 0 amide bonds. The summed E-state index contributed by atoms with van der Waals surface area (Å²) in [6.45, 7) is 11.8. The highest BCUT2D eigenvalue weighted by Gasteiger charge is 2.57. The third kappa shape index (κ3) is 5.10. The van der Waals surface area contributed by atoms with Crippen molar-refractivity contribution < 1.29 is 33.6 Å². The van der Waals surface area contributed by atoms with E-state index in [0.29, 0.717) is 41.4 Å². The maximum atomic E-state index is 13.8. The molecular weight excluding hydrogens is 544 g/mol. The normalized spacial score (nSPS) is 25.8. The second-order valence-electron chi connectivity index (χ2n) is 13.2. The lowest BCUT2D eigenvalue weighted by Gasteiger charge is -2.30. The molecule has 8 heteroatoms. The Morgan fingerprint density at radius 1 is 1.17 bits per heavy atom. The second-order valence-corrected chi connectivity index (χ2v) is 13.6. The molecule has 0 aromatic heterocycles. The molecule has 2 aromatic rings. The first kappa shape index (κ1) is 29.7. The summed E-state index contributed by atoms with van der Waals surface area (Å²) in [7, 11) is 1.45. The van der Waals surface area contributed by atoms with Crippen LogP contribution < -0.4 is 14.2 Å². The van der Waals surface area contributed by atoms with Crippen molar-refractivity contribution in [2.45, 2.75) is 92.3 Å². The van der Waals surface area contributed by atoms with Crippen molar-refractivity contribution in [3.05, 3.63) is 45.5 Å². The summed E-state index contributed by atoms with van der Waals surface area (Å²) in [6.07, 6.45) is 3.43. The average molecular weight is 585 g/mol. The predicted molar refractivity (Wildman–Crippen MR) is 156 cm³/mol. The topological polar surface area (TPSA) is 91.3 Å². The summed E-state index contributed by atoms with van der Waals surface area (Å²) in [5, 5.41) is 11.4. The summed E-state index contributed by atoms with van der Waals surface area (Å²) < 4.78 is 24.4. The number of methoxy groups -OCH3 is 1. The summed E-state index contributed by atoms with van der Waals surface area (Å²) in [5.74, 6) is 0.392. The van der Waals surface area contributed by atoms with Crippen molar-refractivity contribution in [2.24, 2.45) is 22.7 Å². The molecule has 222 valence electrons. The van der Waals surface area contributed by atoms with E-state index in [4.69, 9.17) is 30.5 Å². The third-order valence-electron chi connectivity index (χ3n) is 9.35. The lowest BCUT2D eigenvalue weighted by atomic mass is 9.80. The molecule has 41 heavy (non-hydrogen) atoms. The third-order valence-corrected chi connectivity index (χ3v) is 9.82. The van der Waals surface area contributed by atoms with Crippen LogP contribution in [-0.2, 0) is 9.53 Å². The van der Waals surface area contributed by atoms with Crippen molar-refractivity contribution in [2.75, 3.05) is 7.11 Å². The number of halogens is 1. The molecule has 3 aliphatic rings. The fraction of sp³-hybridized carbons (Fsp3) is 0.576. The molecule has 0 saturated heterocycles. The first-order valence-electron chi connectivity index (χ1n) is 14.6. The smallest absolute Gasteiger partial charge is 0.346 e. The fourth-order valence-electron chi connectivity index (χ4n) is 7.07. The second kappa shape index (κ2) is 10.8. The van der Waals surface area contributed by atoms with Gasteiger partial charge in [-0.25, -0.2) is 4.79 Å². The number of carbonyl (C=O) groups excluding carboxylic acids is 2. The molecule has 7 nitrogen and oxygen atoms in total. The summed E-state index contributed by atoms with van der Waals surface area (Å²) in [6, 6.07) is 5.13. The molecule has 2 bridgehead atoms. The number of hydrogen-bond donors (Lipinski definition) is 1. The van der Waals surface area contributed by atoms with E-state index in [1.54, 1.807) is 12.1 Å². The minimum absolute atomic E-state index is 0.0665. The van der Waals surface area contributed by atoms with Crippen LogP contribution in [0.3, 0.4) is 0 Å². The number of aliphatic hydroxyl groups is 1. The fourth-order valence-corrected chi connectivity index (χ4v) is 7.24. The van der Waals surface area contributed by atoms with Gasteiger partial charge in [0.15, 0.2) is 11.5 Å². The van der Waals surface area contributed by atoms with Gasteiger partial charge in [-0.3, -0.25) is 4.79 Å². The van der Waals surface area contributed by atoms with Crippen molar-refractivity contribution in [3.63, 3.8) is 0 Å². The van der Waals surface area contributed by atoms with Crippen LogP contribution in [0.25, 0.3) is 0 Å². The van der Waals surface area contributed by atoms with Gasteiger partial charge >= 0.3 is 11.9 Å². The predicted octanol–water partition coefficient (Wildman–Crippen LogP) is 8.27. The number of aliphatic hydroxyl groups excluding tert-OH is 1.